The van der Waals surface area contributed by atoms with Crippen molar-refractivity contribution in [2.45, 2.75) is 26.8 Å². The van der Waals surface area contributed by atoms with Crippen molar-refractivity contribution >= 4 is 22.6 Å². The fourth-order valence-corrected chi connectivity index (χ4v) is 4.01. The summed E-state index contributed by atoms with van der Waals surface area (Å²) in [7, 11) is 0. The smallest absolute Gasteiger partial charge is 0.263 e. The number of rotatable bonds is 6. The molecule has 0 aliphatic carbocycles. The van der Waals surface area contributed by atoms with Gasteiger partial charge in [0.15, 0.2) is 0 Å². The molecular formula is C27H22FN5O3. The molecule has 1 amide bonds. The molecule has 0 atom stereocenters. The molecule has 0 spiro atoms. The first-order valence-corrected chi connectivity index (χ1v) is 11.4. The summed E-state index contributed by atoms with van der Waals surface area (Å²) in [6.45, 7) is 3.73. The number of carbonyl (C=O) groups excluding carboxylic acids is 1. The van der Waals surface area contributed by atoms with E-state index in [-0.39, 0.29) is 35.2 Å². The number of nitrogens with one attached hydrogen (secondary N) is 1. The molecule has 9 heteroatoms. The van der Waals surface area contributed by atoms with E-state index in [9.17, 15) is 14.0 Å². The summed E-state index contributed by atoms with van der Waals surface area (Å²) in [5, 5.41) is 7.16. The Bertz CT molecular complexity index is 1660. The molecule has 3 heterocycles. The van der Waals surface area contributed by atoms with Gasteiger partial charge in [0.1, 0.15) is 23.6 Å². The van der Waals surface area contributed by atoms with Crippen LogP contribution in [0.3, 0.4) is 0 Å². The molecule has 0 aliphatic heterocycles. The number of benzene rings is 2. The molecule has 0 unspecified atom stereocenters. The van der Waals surface area contributed by atoms with Gasteiger partial charge in [-0.15, -0.1) is 0 Å². The highest BCUT2D eigenvalue weighted by molar-refractivity contribution is 5.92. The lowest BCUT2D eigenvalue weighted by atomic mass is 10.1. The molecule has 0 radical (unpaired) electrons. The van der Waals surface area contributed by atoms with Gasteiger partial charge in [0.25, 0.3) is 5.89 Å². The Labute approximate surface area is 205 Å². The van der Waals surface area contributed by atoms with E-state index in [0.717, 1.165) is 17.7 Å². The zero-order valence-electron chi connectivity index (χ0n) is 19.7. The number of anilines is 1. The molecule has 0 saturated carbocycles. The quantitative estimate of drug-likeness (QED) is 0.374. The van der Waals surface area contributed by atoms with Gasteiger partial charge >= 0.3 is 0 Å². The second-order valence-corrected chi connectivity index (χ2v) is 8.32. The van der Waals surface area contributed by atoms with Gasteiger partial charge in [-0.25, -0.2) is 9.37 Å². The van der Waals surface area contributed by atoms with Gasteiger partial charge in [-0.2, -0.15) is 4.98 Å². The van der Waals surface area contributed by atoms with Crippen LogP contribution < -0.4 is 10.7 Å². The summed E-state index contributed by atoms with van der Waals surface area (Å²) in [6.07, 6.45) is 2.26. The van der Waals surface area contributed by atoms with Crippen molar-refractivity contribution in [2.75, 3.05) is 5.32 Å². The zero-order chi connectivity index (χ0) is 25.2. The normalized spacial score (nSPS) is 11.1. The third-order valence-electron chi connectivity index (χ3n) is 5.79. The molecule has 5 aromatic rings. The highest BCUT2D eigenvalue weighted by Gasteiger charge is 2.19. The highest BCUT2D eigenvalue weighted by atomic mass is 19.1. The number of para-hydroxylation sites is 1. The summed E-state index contributed by atoms with van der Waals surface area (Å²) < 4.78 is 20.6. The monoisotopic (exact) mass is 483 g/mol. The lowest BCUT2D eigenvalue weighted by Gasteiger charge is -2.14. The summed E-state index contributed by atoms with van der Waals surface area (Å²) in [6, 6.07) is 16.7. The SMILES string of the molecule is CCc1ccccc1NC(=O)Cn1cc(-c2nc(-c3cccc(F)c3)no2)c(=O)c2ccc(C)nc21. The van der Waals surface area contributed by atoms with E-state index in [1.165, 1.54) is 24.4 Å². The highest BCUT2D eigenvalue weighted by Crippen LogP contribution is 2.23. The summed E-state index contributed by atoms with van der Waals surface area (Å²) in [5.41, 5.74) is 2.98. The average Bonchev–Trinajstić information content (AvgIpc) is 3.36. The van der Waals surface area contributed by atoms with E-state index in [1.807, 2.05) is 38.1 Å². The van der Waals surface area contributed by atoms with Gasteiger partial charge in [0.2, 0.25) is 17.2 Å². The molecule has 8 nitrogen and oxygen atoms in total. The number of hydrogen-bond donors (Lipinski definition) is 1. The third-order valence-corrected chi connectivity index (χ3v) is 5.79. The standard InChI is InChI=1S/C27H22FN5O3/c1-3-17-7-4-5-10-22(17)30-23(34)15-33-14-21(24(35)20-12-11-16(2)29-26(20)33)27-31-25(32-36-27)18-8-6-9-19(28)13-18/h4-14H,3,15H2,1-2H3,(H,30,34). The van der Waals surface area contributed by atoms with Crippen LogP contribution in [0.2, 0.25) is 0 Å². The predicted octanol–water partition coefficient (Wildman–Crippen LogP) is 4.76. The second-order valence-electron chi connectivity index (χ2n) is 8.32. The third kappa shape index (κ3) is 4.50. The number of aromatic nitrogens is 4. The molecule has 3 aromatic heterocycles. The van der Waals surface area contributed by atoms with Crippen LogP contribution in [0.5, 0.6) is 0 Å². The van der Waals surface area contributed by atoms with Gasteiger partial charge in [0, 0.05) is 23.1 Å². The Hall–Kier alpha value is -4.66. The molecule has 0 fully saturated rings. The second kappa shape index (κ2) is 9.53. The zero-order valence-corrected chi connectivity index (χ0v) is 19.7. The fraction of sp³-hybridized carbons (Fsp3) is 0.148. The summed E-state index contributed by atoms with van der Waals surface area (Å²) in [5.74, 6) is -0.608. The Morgan fingerprint density at radius 1 is 1.08 bits per heavy atom. The average molecular weight is 484 g/mol. The number of amides is 1. The first-order chi connectivity index (χ1) is 17.4. The van der Waals surface area contributed by atoms with E-state index in [1.54, 1.807) is 22.8 Å². The van der Waals surface area contributed by atoms with E-state index < -0.39 is 5.82 Å². The van der Waals surface area contributed by atoms with Crippen LogP contribution in [0, 0.1) is 12.7 Å². The van der Waals surface area contributed by atoms with Crippen LogP contribution in [-0.4, -0.2) is 25.6 Å². The first kappa shape index (κ1) is 23.1. The van der Waals surface area contributed by atoms with Crippen molar-refractivity contribution in [1.29, 1.82) is 0 Å². The molecule has 36 heavy (non-hydrogen) atoms. The number of nitrogens with zero attached hydrogens (tertiary/aromatic N) is 4. The molecule has 5 rings (SSSR count). The topological polar surface area (TPSA) is 103 Å². The number of halogens is 1. The van der Waals surface area contributed by atoms with Crippen molar-refractivity contribution in [2.24, 2.45) is 0 Å². The van der Waals surface area contributed by atoms with Crippen LogP contribution in [0.15, 0.2) is 76.2 Å². The number of hydrogen-bond acceptors (Lipinski definition) is 6. The maximum Gasteiger partial charge on any atom is 0.263 e. The number of carbonyl (C=O) groups is 1. The fourth-order valence-electron chi connectivity index (χ4n) is 4.01. The number of aryl methyl sites for hydroxylation is 2. The molecular weight excluding hydrogens is 461 g/mol. The minimum absolute atomic E-state index is 0.0350. The van der Waals surface area contributed by atoms with Crippen molar-refractivity contribution in [3.8, 4) is 22.8 Å². The first-order valence-electron chi connectivity index (χ1n) is 11.4. The molecule has 1 N–H and O–H groups in total. The molecule has 0 bridgehead atoms. The number of fused-ring (bicyclic) bond motifs is 1. The van der Waals surface area contributed by atoms with Crippen LogP contribution in [0.4, 0.5) is 10.1 Å². The Balaban J connectivity index is 1.55. The predicted molar refractivity (Wildman–Crippen MR) is 134 cm³/mol. The van der Waals surface area contributed by atoms with E-state index >= 15 is 0 Å². The van der Waals surface area contributed by atoms with Crippen LogP contribution in [0.1, 0.15) is 18.2 Å². The lowest BCUT2D eigenvalue weighted by molar-refractivity contribution is -0.116. The lowest BCUT2D eigenvalue weighted by Crippen LogP contribution is -2.22. The van der Waals surface area contributed by atoms with Crippen LogP contribution >= 0.6 is 0 Å². The van der Waals surface area contributed by atoms with E-state index in [4.69, 9.17) is 4.52 Å². The van der Waals surface area contributed by atoms with Crippen molar-refractivity contribution in [3.05, 3.63) is 94.2 Å². The molecule has 180 valence electrons. The Kier molecular flexibility index (Phi) is 6.12. The van der Waals surface area contributed by atoms with Crippen molar-refractivity contribution < 1.29 is 13.7 Å². The van der Waals surface area contributed by atoms with Gasteiger partial charge in [-0.1, -0.05) is 42.4 Å². The van der Waals surface area contributed by atoms with E-state index in [2.05, 4.69) is 20.4 Å². The summed E-state index contributed by atoms with van der Waals surface area (Å²) in [4.78, 5) is 35.1. The maximum absolute atomic E-state index is 13.6. The molecule has 0 saturated heterocycles. The summed E-state index contributed by atoms with van der Waals surface area (Å²) >= 11 is 0. The van der Waals surface area contributed by atoms with Gasteiger partial charge in [-0.05, 0) is 49.2 Å². The van der Waals surface area contributed by atoms with Gasteiger partial charge < -0.3 is 14.4 Å². The largest absolute Gasteiger partial charge is 0.333 e. The number of pyridine rings is 2. The minimum atomic E-state index is -0.441. The van der Waals surface area contributed by atoms with Gasteiger partial charge in [0.05, 0.1) is 5.39 Å². The van der Waals surface area contributed by atoms with Crippen LogP contribution in [0.25, 0.3) is 33.9 Å². The molecule has 0 aliphatic rings. The maximum atomic E-state index is 13.6. The molecule has 2 aromatic carbocycles. The Morgan fingerprint density at radius 2 is 1.92 bits per heavy atom. The van der Waals surface area contributed by atoms with E-state index in [0.29, 0.717) is 22.3 Å². The van der Waals surface area contributed by atoms with Gasteiger partial charge in [-0.3, -0.25) is 9.59 Å². The van der Waals surface area contributed by atoms with Crippen molar-refractivity contribution in [1.82, 2.24) is 19.7 Å². The Morgan fingerprint density at radius 3 is 2.72 bits per heavy atom. The van der Waals surface area contributed by atoms with Crippen LogP contribution in [-0.2, 0) is 17.8 Å². The minimum Gasteiger partial charge on any atom is -0.333 e. The van der Waals surface area contributed by atoms with Crippen molar-refractivity contribution in [3.63, 3.8) is 0 Å².